The molecule has 29 heavy (non-hydrogen) atoms. The van der Waals surface area contributed by atoms with E-state index in [0.717, 1.165) is 18.0 Å². The lowest BCUT2D eigenvalue weighted by atomic mass is 10.0. The number of aromatic nitrogens is 2. The van der Waals surface area contributed by atoms with Crippen molar-refractivity contribution in [3.05, 3.63) is 54.7 Å². The molecule has 0 bridgehead atoms. The number of ether oxygens (including phenoxy) is 1. The van der Waals surface area contributed by atoms with Crippen molar-refractivity contribution < 1.29 is 22.7 Å². The number of methoxy groups -OCH3 is 1. The van der Waals surface area contributed by atoms with Gasteiger partial charge in [0.15, 0.2) is 0 Å². The number of halogens is 3. The van der Waals surface area contributed by atoms with E-state index in [1.807, 2.05) is 11.0 Å². The molecule has 1 atom stereocenters. The molecule has 1 aromatic carbocycles. The minimum Gasteiger partial charge on any atom is -0.383 e. The van der Waals surface area contributed by atoms with Crippen LogP contribution in [0.4, 0.5) is 24.7 Å². The Morgan fingerprint density at radius 2 is 2.03 bits per heavy atom. The predicted octanol–water partition coefficient (Wildman–Crippen LogP) is 3.33. The van der Waals surface area contributed by atoms with Crippen LogP contribution in [0, 0.1) is 5.92 Å². The predicted molar refractivity (Wildman–Crippen MR) is 103 cm³/mol. The molecule has 1 unspecified atom stereocenters. The van der Waals surface area contributed by atoms with Crippen molar-refractivity contribution in [1.29, 1.82) is 0 Å². The Balaban J connectivity index is 1.82. The van der Waals surface area contributed by atoms with Gasteiger partial charge in [0, 0.05) is 51.0 Å². The molecule has 0 saturated carbocycles. The number of carbonyl (C=O) groups excluding carboxylic acids is 1. The van der Waals surface area contributed by atoms with Crippen molar-refractivity contribution in [3.8, 4) is 0 Å². The molecule has 0 fully saturated rings. The van der Waals surface area contributed by atoms with Gasteiger partial charge in [-0.25, -0.2) is 4.68 Å². The Hall–Kier alpha value is -2.81. The van der Waals surface area contributed by atoms with Crippen molar-refractivity contribution in [1.82, 2.24) is 14.7 Å². The standard InChI is InChI=1S/C20H23F3N4O2/c1-3-19(28)25(10-11-29-2)12-15-13-26(18-8-9-24-27(18)14-15)17-6-4-16(5-7-17)20(21,22)23/h3-9,15H,1,10-14H2,2H3. The van der Waals surface area contributed by atoms with Gasteiger partial charge in [-0.3, -0.25) is 4.79 Å². The van der Waals surface area contributed by atoms with Crippen molar-refractivity contribution in [3.63, 3.8) is 0 Å². The molecule has 0 aliphatic carbocycles. The number of nitrogens with zero attached hydrogens (tertiary/aromatic N) is 4. The number of anilines is 2. The smallest absolute Gasteiger partial charge is 0.383 e. The van der Waals surface area contributed by atoms with Crippen LogP contribution in [0.3, 0.4) is 0 Å². The fraction of sp³-hybridized carbons (Fsp3) is 0.400. The molecule has 9 heteroatoms. The lowest BCUT2D eigenvalue weighted by Gasteiger charge is -2.37. The van der Waals surface area contributed by atoms with E-state index in [2.05, 4.69) is 11.7 Å². The van der Waals surface area contributed by atoms with E-state index < -0.39 is 11.7 Å². The Bertz CT molecular complexity index is 848. The van der Waals surface area contributed by atoms with E-state index in [4.69, 9.17) is 4.74 Å². The zero-order valence-corrected chi connectivity index (χ0v) is 16.1. The van der Waals surface area contributed by atoms with Gasteiger partial charge in [0.2, 0.25) is 5.91 Å². The Morgan fingerprint density at radius 1 is 1.31 bits per heavy atom. The molecule has 1 aliphatic rings. The molecule has 1 amide bonds. The molecule has 3 rings (SSSR count). The summed E-state index contributed by atoms with van der Waals surface area (Å²) in [7, 11) is 1.57. The van der Waals surface area contributed by atoms with Crippen LogP contribution < -0.4 is 4.90 Å². The molecule has 0 radical (unpaired) electrons. The minimum atomic E-state index is -4.38. The highest BCUT2D eigenvalue weighted by Gasteiger charge is 2.32. The highest BCUT2D eigenvalue weighted by Crippen LogP contribution is 2.34. The fourth-order valence-electron chi connectivity index (χ4n) is 3.47. The second kappa shape index (κ2) is 8.69. The van der Waals surface area contributed by atoms with Crippen molar-refractivity contribution in [2.45, 2.75) is 12.7 Å². The number of benzene rings is 1. The van der Waals surface area contributed by atoms with E-state index in [1.165, 1.54) is 18.2 Å². The van der Waals surface area contributed by atoms with Crippen LogP contribution in [0.25, 0.3) is 0 Å². The number of rotatable bonds is 7. The third-order valence-electron chi connectivity index (χ3n) is 4.88. The first kappa shape index (κ1) is 20.9. The first-order valence-corrected chi connectivity index (χ1v) is 9.20. The maximum atomic E-state index is 12.9. The van der Waals surface area contributed by atoms with Gasteiger partial charge in [-0.15, -0.1) is 0 Å². The Kier molecular flexibility index (Phi) is 6.26. The molecule has 1 aromatic heterocycles. The van der Waals surface area contributed by atoms with Crippen molar-refractivity contribution in [2.75, 3.05) is 38.3 Å². The van der Waals surface area contributed by atoms with Crippen LogP contribution in [0.5, 0.6) is 0 Å². The summed E-state index contributed by atoms with van der Waals surface area (Å²) < 4.78 is 45.5. The van der Waals surface area contributed by atoms with E-state index in [9.17, 15) is 18.0 Å². The van der Waals surface area contributed by atoms with Gasteiger partial charge in [-0.1, -0.05) is 6.58 Å². The Labute approximate surface area is 167 Å². The molecule has 0 saturated heterocycles. The topological polar surface area (TPSA) is 50.6 Å². The normalized spacial score (nSPS) is 16.4. The summed E-state index contributed by atoms with van der Waals surface area (Å²) in [4.78, 5) is 15.8. The minimum absolute atomic E-state index is 0.0328. The fourth-order valence-corrected chi connectivity index (χ4v) is 3.47. The zero-order chi connectivity index (χ0) is 21.0. The summed E-state index contributed by atoms with van der Waals surface area (Å²) in [6.45, 7) is 6.00. The number of fused-ring (bicyclic) bond motifs is 1. The maximum Gasteiger partial charge on any atom is 0.416 e. The quantitative estimate of drug-likeness (QED) is 0.660. The van der Waals surface area contributed by atoms with E-state index in [1.54, 1.807) is 22.9 Å². The van der Waals surface area contributed by atoms with Crippen LogP contribution >= 0.6 is 0 Å². The molecule has 156 valence electrons. The Morgan fingerprint density at radius 3 is 2.66 bits per heavy atom. The number of hydrogen-bond donors (Lipinski definition) is 0. The van der Waals surface area contributed by atoms with E-state index >= 15 is 0 Å². The van der Waals surface area contributed by atoms with Crippen LogP contribution in [-0.2, 0) is 22.3 Å². The lowest BCUT2D eigenvalue weighted by molar-refractivity contribution is -0.137. The maximum absolute atomic E-state index is 12.9. The molecule has 0 spiro atoms. The van der Waals surface area contributed by atoms with Crippen molar-refractivity contribution >= 4 is 17.4 Å². The highest BCUT2D eigenvalue weighted by molar-refractivity contribution is 5.87. The van der Waals surface area contributed by atoms with Crippen LogP contribution in [-0.4, -0.2) is 53.9 Å². The number of hydrogen-bond acceptors (Lipinski definition) is 4. The molecule has 6 nitrogen and oxygen atoms in total. The molecule has 2 aromatic rings. The van der Waals surface area contributed by atoms with Crippen LogP contribution in [0.2, 0.25) is 0 Å². The molecule has 2 heterocycles. The first-order valence-electron chi connectivity index (χ1n) is 9.20. The second-order valence-electron chi connectivity index (χ2n) is 6.87. The summed E-state index contributed by atoms with van der Waals surface area (Å²) in [5.41, 5.74) is -0.0476. The first-order chi connectivity index (χ1) is 13.8. The number of amides is 1. The SMILES string of the molecule is C=CC(=O)N(CCOC)CC1CN(c2ccc(C(F)(F)F)cc2)c2ccnn2C1. The van der Waals surface area contributed by atoms with Gasteiger partial charge in [0.05, 0.1) is 18.4 Å². The largest absolute Gasteiger partial charge is 0.416 e. The molecular weight excluding hydrogens is 385 g/mol. The van der Waals surface area contributed by atoms with Crippen LogP contribution in [0.1, 0.15) is 5.56 Å². The molecule has 0 N–H and O–H groups in total. The third-order valence-corrected chi connectivity index (χ3v) is 4.88. The van der Waals surface area contributed by atoms with Crippen LogP contribution in [0.15, 0.2) is 49.2 Å². The summed E-state index contributed by atoms with van der Waals surface area (Å²) in [6, 6.07) is 6.89. The monoisotopic (exact) mass is 408 g/mol. The van der Waals surface area contributed by atoms with Gasteiger partial charge >= 0.3 is 6.18 Å². The average Bonchev–Trinajstić information content (AvgIpc) is 3.18. The zero-order valence-electron chi connectivity index (χ0n) is 16.1. The van der Waals surface area contributed by atoms with Crippen molar-refractivity contribution in [2.24, 2.45) is 5.92 Å². The van der Waals surface area contributed by atoms with Gasteiger partial charge in [-0.2, -0.15) is 18.3 Å². The van der Waals surface area contributed by atoms with E-state index in [-0.39, 0.29) is 11.8 Å². The number of carbonyl (C=O) groups is 1. The summed E-state index contributed by atoms with van der Waals surface area (Å²) >= 11 is 0. The molecular formula is C20H23F3N4O2. The third kappa shape index (κ3) is 4.79. The average molecular weight is 408 g/mol. The van der Waals surface area contributed by atoms with Gasteiger partial charge in [0.25, 0.3) is 0 Å². The summed E-state index contributed by atoms with van der Waals surface area (Å²) in [5, 5.41) is 4.32. The molecule has 1 aliphatic heterocycles. The van der Waals surface area contributed by atoms with Gasteiger partial charge in [-0.05, 0) is 30.3 Å². The lowest BCUT2D eigenvalue weighted by Crippen LogP contribution is -2.44. The second-order valence-corrected chi connectivity index (χ2v) is 6.87. The number of alkyl halides is 3. The van der Waals surface area contributed by atoms with Gasteiger partial charge < -0.3 is 14.5 Å². The van der Waals surface area contributed by atoms with E-state index in [0.29, 0.717) is 38.5 Å². The van der Waals surface area contributed by atoms with Gasteiger partial charge in [0.1, 0.15) is 5.82 Å². The summed E-state index contributed by atoms with van der Waals surface area (Å²) in [6.07, 6.45) is -1.45. The highest BCUT2D eigenvalue weighted by atomic mass is 19.4. The summed E-state index contributed by atoms with van der Waals surface area (Å²) in [5.74, 6) is 0.652.